The number of nitrogens with one attached hydrogen (secondary N) is 2. The van der Waals surface area contributed by atoms with Crippen LogP contribution in [0.1, 0.15) is 11.3 Å². The molecule has 4 N–H and O–H groups in total. The Bertz CT molecular complexity index is 1240. The summed E-state index contributed by atoms with van der Waals surface area (Å²) in [5.74, 6) is -0.312. The van der Waals surface area contributed by atoms with Crippen molar-refractivity contribution in [2.24, 2.45) is 5.14 Å². The van der Waals surface area contributed by atoms with Crippen molar-refractivity contribution in [3.63, 3.8) is 0 Å². The molecule has 0 aliphatic heterocycles. The summed E-state index contributed by atoms with van der Waals surface area (Å²) in [7, 11) is -7.51. The Morgan fingerprint density at radius 2 is 1.63 bits per heavy atom. The van der Waals surface area contributed by atoms with Gasteiger partial charge in [0.25, 0.3) is 10.0 Å². The average Bonchev–Trinajstić information content (AvgIpc) is 3.12. The zero-order valence-electron chi connectivity index (χ0n) is 15.5. The molecular weight excluding hydrogens is 448 g/mol. The van der Waals surface area contributed by atoms with E-state index in [2.05, 4.69) is 15.0 Å². The molecule has 0 bridgehead atoms. The number of amides is 1. The van der Waals surface area contributed by atoms with E-state index in [1.165, 1.54) is 24.3 Å². The van der Waals surface area contributed by atoms with Crippen molar-refractivity contribution in [1.29, 1.82) is 0 Å². The minimum atomic E-state index is -3.76. The molecule has 9 nitrogen and oxygen atoms in total. The van der Waals surface area contributed by atoms with Crippen LogP contribution >= 0.6 is 11.3 Å². The zero-order valence-corrected chi connectivity index (χ0v) is 17.9. The average molecular weight is 467 g/mol. The fourth-order valence-electron chi connectivity index (χ4n) is 2.43. The van der Waals surface area contributed by atoms with Gasteiger partial charge >= 0.3 is 0 Å². The number of nitrogens with zero attached hydrogens (tertiary/aromatic N) is 1. The molecule has 158 valence electrons. The molecule has 0 aliphatic rings. The highest BCUT2D eigenvalue weighted by molar-refractivity contribution is 7.93. The molecule has 12 heteroatoms. The number of hydrogen-bond donors (Lipinski definition) is 3. The highest BCUT2D eigenvalue weighted by atomic mass is 32.2. The van der Waals surface area contributed by atoms with Crippen LogP contribution in [-0.2, 0) is 37.8 Å². The molecule has 0 aliphatic carbocycles. The number of benzene rings is 2. The molecule has 1 heterocycles. The molecular formula is C18H18N4O5S3. The van der Waals surface area contributed by atoms with Crippen LogP contribution in [0.5, 0.6) is 0 Å². The lowest BCUT2D eigenvalue weighted by Gasteiger charge is -2.06. The standard InChI is InChI=1S/C18H18N4O5S3/c19-29(24,25)15-8-6-13(7-9-15)11-20-17(23)10-14-12-28-18(21-14)22-30(26,27)16-4-2-1-3-5-16/h1-9,12H,10-11H2,(H,20,23)(H,21,22)(H2,19,24,25). The summed E-state index contributed by atoms with van der Waals surface area (Å²) in [6.07, 6.45) is -0.0289. The van der Waals surface area contributed by atoms with Crippen molar-refractivity contribution < 1.29 is 21.6 Å². The van der Waals surface area contributed by atoms with Gasteiger partial charge < -0.3 is 5.32 Å². The summed E-state index contributed by atoms with van der Waals surface area (Å²) in [6.45, 7) is 0.196. The molecule has 1 aromatic heterocycles. The Morgan fingerprint density at radius 1 is 0.967 bits per heavy atom. The predicted molar refractivity (Wildman–Crippen MR) is 113 cm³/mol. The van der Waals surface area contributed by atoms with Gasteiger partial charge in [0.15, 0.2) is 5.13 Å². The van der Waals surface area contributed by atoms with E-state index in [1.54, 1.807) is 35.7 Å². The third-order valence-electron chi connectivity index (χ3n) is 3.91. The van der Waals surface area contributed by atoms with Gasteiger partial charge in [0, 0.05) is 11.9 Å². The van der Waals surface area contributed by atoms with E-state index in [1.807, 2.05) is 0 Å². The number of sulfonamides is 2. The van der Waals surface area contributed by atoms with Crippen LogP contribution in [0.25, 0.3) is 0 Å². The highest BCUT2D eigenvalue weighted by Gasteiger charge is 2.16. The minimum absolute atomic E-state index is 0.00876. The molecule has 30 heavy (non-hydrogen) atoms. The summed E-state index contributed by atoms with van der Waals surface area (Å²) >= 11 is 1.08. The number of rotatable bonds is 8. The number of aromatic nitrogens is 1. The zero-order chi connectivity index (χ0) is 21.8. The van der Waals surface area contributed by atoms with Gasteiger partial charge in [-0.3, -0.25) is 9.52 Å². The molecule has 2 aromatic carbocycles. The maximum Gasteiger partial charge on any atom is 0.263 e. The van der Waals surface area contributed by atoms with Crippen molar-refractivity contribution in [1.82, 2.24) is 10.3 Å². The van der Waals surface area contributed by atoms with Gasteiger partial charge in [-0.05, 0) is 29.8 Å². The van der Waals surface area contributed by atoms with E-state index in [0.29, 0.717) is 11.3 Å². The second kappa shape index (κ2) is 8.92. The number of carbonyl (C=O) groups is 1. The predicted octanol–water partition coefficient (Wildman–Crippen LogP) is 1.45. The third-order valence-corrected chi connectivity index (χ3v) is 7.13. The normalized spacial score (nSPS) is 11.8. The van der Waals surface area contributed by atoms with Gasteiger partial charge in [-0.15, -0.1) is 11.3 Å². The summed E-state index contributed by atoms with van der Waals surface area (Å²) in [5.41, 5.74) is 1.12. The van der Waals surface area contributed by atoms with Crippen molar-refractivity contribution in [3.05, 3.63) is 71.2 Å². The topological polar surface area (TPSA) is 148 Å². The van der Waals surface area contributed by atoms with E-state index in [-0.39, 0.29) is 33.8 Å². The Kier molecular flexibility index (Phi) is 6.51. The first-order valence-electron chi connectivity index (χ1n) is 8.54. The van der Waals surface area contributed by atoms with Crippen molar-refractivity contribution in [3.8, 4) is 0 Å². The maximum absolute atomic E-state index is 12.3. The van der Waals surface area contributed by atoms with Crippen LogP contribution in [-0.4, -0.2) is 27.7 Å². The molecule has 0 unspecified atom stereocenters. The van der Waals surface area contributed by atoms with Gasteiger partial charge in [0.2, 0.25) is 15.9 Å². The second-order valence-electron chi connectivity index (χ2n) is 6.21. The second-order valence-corrected chi connectivity index (χ2v) is 10.3. The first-order chi connectivity index (χ1) is 14.1. The fraction of sp³-hybridized carbons (Fsp3) is 0.111. The van der Waals surface area contributed by atoms with Gasteiger partial charge in [-0.1, -0.05) is 30.3 Å². The summed E-state index contributed by atoms with van der Waals surface area (Å²) in [5, 5.41) is 9.50. The summed E-state index contributed by atoms with van der Waals surface area (Å²) in [4.78, 5) is 16.4. The van der Waals surface area contributed by atoms with Crippen LogP contribution in [0.4, 0.5) is 5.13 Å². The number of hydrogen-bond acceptors (Lipinski definition) is 7. The lowest BCUT2D eigenvalue weighted by molar-refractivity contribution is -0.120. The Hall–Kier alpha value is -2.80. The van der Waals surface area contributed by atoms with Crippen molar-refractivity contribution in [2.45, 2.75) is 22.8 Å². The van der Waals surface area contributed by atoms with Gasteiger partial charge in [0.05, 0.1) is 21.9 Å². The Morgan fingerprint density at radius 3 is 2.27 bits per heavy atom. The van der Waals surface area contributed by atoms with E-state index in [0.717, 1.165) is 11.3 Å². The molecule has 0 fully saturated rings. The SMILES string of the molecule is NS(=O)(=O)c1ccc(CNC(=O)Cc2csc(NS(=O)(=O)c3ccccc3)n2)cc1. The van der Waals surface area contributed by atoms with Crippen molar-refractivity contribution >= 4 is 42.4 Å². The van der Waals surface area contributed by atoms with Crippen LogP contribution in [0.3, 0.4) is 0 Å². The third kappa shape index (κ3) is 5.86. The van der Waals surface area contributed by atoms with Crippen molar-refractivity contribution in [2.75, 3.05) is 4.72 Å². The number of carbonyl (C=O) groups excluding carboxylic acids is 1. The minimum Gasteiger partial charge on any atom is -0.352 e. The number of nitrogens with two attached hydrogens (primary N) is 1. The van der Waals surface area contributed by atoms with Gasteiger partial charge in [-0.25, -0.2) is 27.0 Å². The molecule has 0 spiro atoms. The van der Waals surface area contributed by atoms with Crippen LogP contribution in [0, 0.1) is 0 Å². The highest BCUT2D eigenvalue weighted by Crippen LogP contribution is 2.20. The number of anilines is 1. The molecule has 1 amide bonds. The van der Waals surface area contributed by atoms with Crippen LogP contribution < -0.4 is 15.2 Å². The fourth-order valence-corrected chi connectivity index (χ4v) is 4.93. The first-order valence-corrected chi connectivity index (χ1v) is 12.4. The monoisotopic (exact) mass is 466 g/mol. The maximum atomic E-state index is 12.3. The first kappa shape index (κ1) is 21.9. The summed E-state index contributed by atoms with van der Waals surface area (Å²) in [6, 6.07) is 13.7. The van der Waals surface area contributed by atoms with Crippen LogP contribution in [0.2, 0.25) is 0 Å². The lowest BCUT2D eigenvalue weighted by Crippen LogP contribution is -2.24. The number of thiazole rings is 1. The van der Waals surface area contributed by atoms with Gasteiger partial charge in [0.1, 0.15) is 0 Å². The van der Waals surface area contributed by atoms with E-state index in [4.69, 9.17) is 5.14 Å². The number of primary sulfonamides is 1. The largest absolute Gasteiger partial charge is 0.352 e. The van der Waals surface area contributed by atoms with E-state index < -0.39 is 20.0 Å². The molecule has 3 rings (SSSR count). The van der Waals surface area contributed by atoms with E-state index >= 15 is 0 Å². The van der Waals surface area contributed by atoms with E-state index in [9.17, 15) is 21.6 Å². The molecule has 0 radical (unpaired) electrons. The molecule has 0 saturated carbocycles. The van der Waals surface area contributed by atoms with Crippen LogP contribution in [0.15, 0.2) is 69.8 Å². The molecule has 0 atom stereocenters. The smallest absolute Gasteiger partial charge is 0.263 e. The Balaban J connectivity index is 1.55. The Labute approximate surface area is 178 Å². The summed E-state index contributed by atoms with van der Waals surface area (Å²) < 4.78 is 49.5. The molecule has 0 saturated heterocycles. The van der Waals surface area contributed by atoms with Gasteiger partial charge in [-0.2, -0.15) is 0 Å². The molecule has 3 aromatic rings. The quantitative estimate of drug-likeness (QED) is 0.458. The lowest BCUT2D eigenvalue weighted by atomic mass is 10.2.